The number of rotatable bonds is 2. The SMILES string of the molecule is O=C1NN(c2cccc(C(F)(F)F)c2)C(=O)/C1=C\c1ccc(O)cc1O. The third kappa shape index (κ3) is 3.18. The number of hydrogen-bond acceptors (Lipinski definition) is 4. The molecular weight excluding hydrogens is 353 g/mol. The van der Waals surface area contributed by atoms with Gasteiger partial charge in [-0.1, -0.05) is 6.07 Å². The lowest BCUT2D eigenvalue weighted by molar-refractivity contribution is -0.137. The third-order valence-corrected chi connectivity index (χ3v) is 3.64. The first-order valence-electron chi connectivity index (χ1n) is 7.23. The highest BCUT2D eigenvalue weighted by atomic mass is 19.4. The first-order valence-corrected chi connectivity index (χ1v) is 7.23. The zero-order chi connectivity index (χ0) is 19.1. The lowest BCUT2D eigenvalue weighted by atomic mass is 10.1. The Morgan fingerprint density at radius 2 is 1.77 bits per heavy atom. The summed E-state index contributed by atoms with van der Waals surface area (Å²) in [6, 6.07) is 7.49. The molecule has 9 heteroatoms. The van der Waals surface area contributed by atoms with Gasteiger partial charge in [0, 0.05) is 11.6 Å². The first-order chi connectivity index (χ1) is 12.2. The molecule has 2 aromatic carbocycles. The Bertz CT molecular complexity index is 938. The smallest absolute Gasteiger partial charge is 0.416 e. The number of carbonyl (C=O) groups excluding carboxylic acids is 2. The van der Waals surface area contributed by atoms with Gasteiger partial charge in [-0.2, -0.15) is 13.2 Å². The van der Waals surface area contributed by atoms with Crippen molar-refractivity contribution in [1.82, 2.24) is 5.43 Å². The molecule has 0 aromatic heterocycles. The summed E-state index contributed by atoms with van der Waals surface area (Å²) < 4.78 is 38.5. The van der Waals surface area contributed by atoms with Crippen LogP contribution < -0.4 is 10.4 Å². The van der Waals surface area contributed by atoms with Crippen molar-refractivity contribution in [2.75, 3.05) is 5.01 Å². The average Bonchev–Trinajstić information content (AvgIpc) is 2.84. The molecule has 1 aliphatic heterocycles. The molecule has 0 radical (unpaired) electrons. The number of aromatic hydroxyl groups is 2. The summed E-state index contributed by atoms with van der Waals surface area (Å²) in [5.74, 6) is -2.28. The quantitative estimate of drug-likeness (QED) is 0.564. The van der Waals surface area contributed by atoms with E-state index in [4.69, 9.17) is 0 Å². The largest absolute Gasteiger partial charge is 0.508 e. The maximum absolute atomic E-state index is 12.8. The average molecular weight is 364 g/mol. The van der Waals surface area contributed by atoms with Gasteiger partial charge in [-0.25, -0.2) is 5.01 Å². The van der Waals surface area contributed by atoms with Crippen molar-refractivity contribution in [3.05, 3.63) is 59.2 Å². The van der Waals surface area contributed by atoms with E-state index in [1.807, 2.05) is 0 Å². The van der Waals surface area contributed by atoms with E-state index in [0.717, 1.165) is 30.3 Å². The number of anilines is 1. The molecule has 3 N–H and O–H groups in total. The minimum absolute atomic E-state index is 0.0900. The molecule has 2 aromatic rings. The summed E-state index contributed by atoms with van der Waals surface area (Å²) in [4.78, 5) is 24.5. The van der Waals surface area contributed by atoms with Crippen molar-refractivity contribution >= 4 is 23.6 Å². The number of alkyl halides is 3. The van der Waals surface area contributed by atoms with Crippen LogP contribution in [0.15, 0.2) is 48.0 Å². The van der Waals surface area contributed by atoms with Crippen molar-refractivity contribution in [3.63, 3.8) is 0 Å². The van der Waals surface area contributed by atoms with E-state index >= 15 is 0 Å². The monoisotopic (exact) mass is 364 g/mol. The molecule has 1 saturated heterocycles. The third-order valence-electron chi connectivity index (χ3n) is 3.64. The standard InChI is InChI=1S/C17H11F3N2O4/c18-17(19,20)10-2-1-3-11(7-10)22-16(26)13(15(25)21-22)6-9-4-5-12(23)8-14(9)24/h1-8,23-24H,(H,21,25)/b13-6-. The second-order valence-corrected chi connectivity index (χ2v) is 5.43. The highest BCUT2D eigenvalue weighted by Gasteiger charge is 2.36. The molecule has 6 nitrogen and oxygen atoms in total. The number of phenolic OH excluding ortho intramolecular Hbond substituents is 2. The van der Waals surface area contributed by atoms with Crippen LogP contribution in [0.4, 0.5) is 18.9 Å². The summed E-state index contributed by atoms with van der Waals surface area (Å²) in [7, 11) is 0. The summed E-state index contributed by atoms with van der Waals surface area (Å²) in [5.41, 5.74) is 0.773. The minimum atomic E-state index is -4.60. The second-order valence-electron chi connectivity index (χ2n) is 5.43. The molecule has 0 atom stereocenters. The first kappa shape index (κ1) is 17.3. The number of carbonyl (C=O) groups is 2. The van der Waals surface area contributed by atoms with Crippen LogP contribution in [0, 0.1) is 0 Å². The molecule has 0 bridgehead atoms. The van der Waals surface area contributed by atoms with Gasteiger partial charge in [0.2, 0.25) is 0 Å². The van der Waals surface area contributed by atoms with Crippen LogP contribution in [0.5, 0.6) is 11.5 Å². The number of hydrazine groups is 1. The Balaban J connectivity index is 1.96. The minimum Gasteiger partial charge on any atom is -0.508 e. The van der Waals surface area contributed by atoms with Crippen molar-refractivity contribution in [2.45, 2.75) is 6.18 Å². The fourth-order valence-corrected chi connectivity index (χ4v) is 2.37. The topological polar surface area (TPSA) is 89.9 Å². The van der Waals surface area contributed by atoms with Crippen molar-refractivity contribution < 1.29 is 33.0 Å². The molecule has 2 amide bonds. The number of hydrogen-bond donors (Lipinski definition) is 3. The summed E-state index contributed by atoms with van der Waals surface area (Å²) in [5, 5.41) is 19.7. The van der Waals surface area contributed by atoms with Gasteiger partial charge >= 0.3 is 6.18 Å². The van der Waals surface area contributed by atoms with Crippen LogP contribution in [0.2, 0.25) is 0 Å². The van der Waals surface area contributed by atoms with Crippen LogP contribution >= 0.6 is 0 Å². The summed E-state index contributed by atoms with van der Waals surface area (Å²) >= 11 is 0. The van der Waals surface area contributed by atoms with E-state index in [2.05, 4.69) is 5.43 Å². The summed E-state index contributed by atoms with van der Waals surface area (Å²) in [6.45, 7) is 0. The van der Waals surface area contributed by atoms with Crippen LogP contribution in [-0.4, -0.2) is 22.0 Å². The van der Waals surface area contributed by atoms with E-state index in [1.165, 1.54) is 18.2 Å². The van der Waals surface area contributed by atoms with Crippen molar-refractivity contribution in [1.29, 1.82) is 0 Å². The van der Waals surface area contributed by atoms with Crippen LogP contribution in [0.25, 0.3) is 6.08 Å². The highest BCUT2D eigenvalue weighted by Crippen LogP contribution is 2.33. The molecular formula is C17H11F3N2O4. The van der Waals surface area contributed by atoms with Crippen LogP contribution in [0.1, 0.15) is 11.1 Å². The van der Waals surface area contributed by atoms with Gasteiger partial charge in [-0.3, -0.25) is 15.0 Å². The Morgan fingerprint density at radius 3 is 2.42 bits per heavy atom. The lowest BCUT2D eigenvalue weighted by Gasteiger charge is -2.16. The fourth-order valence-electron chi connectivity index (χ4n) is 2.37. The molecule has 0 saturated carbocycles. The number of amides is 2. The molecule has 0 spiro atoms. The lowest BCUT2D eigenvalue weighted by Crippen LogP contribution is -2.35. The number of phenols is 2. The van der Waals surface area contributed by atoms with Gasteiger partial charge < -0.3 is 10.2 Å². The Morgan fingerprint density at radius 1 is 1.04 bits per heavy atom. The van der Waals surface area contributed by atoms with Gasteiger partial charge in [0.15, 0.2) is 0 Å². The van der Waals surface area contributed by atoms with Crippen LogP contribution in [0.3, 0.4) is 0 Å². The molecule has 0 unspecified atom stereocenters. The molecule has 1 aliphatic rings. The normalized spacial score (nSPS) is 16.3. The Kier molecular flexibility index (Phi) is 4.07. The van der Waals surface area contributed by atoms with E-state index in [-0.39, 0.29) is 28.3 Å². The van der Waals surface area contributed by atoms with Crippen molar-refractivity contribution in [3.8, 4) is 11.5 Å². The van der Waals surface area contributed by atoms with Gasteiger partial charge in [0.1, 0.15) is 17.1 Å². The number of nitrogens with zero attached hydrogens (tertiary/aromatic N) is 1. The maximum atomic E-state index is 12.8. The second kappa shape index (κ2) is 6.10. The predicted molar refractivity (Wildman–Crippen MR) is 84.8 cm³/mol. The molecule has 3 rings (SSSR count). The zero-order valence-electron chi connectivity index (χ0n) is 12.9. The molecule has 1 heterocycles. The highest BCUT2D eigenvalue weighted by molar-refractivity contribution is 6.31. The van der Waals surface area contributed by atoms with Gasteiger partial charge in [0.05, 0.1) is 11.3 Å². The van der Waals surface area contributed by atoms with Gasteiger partial charge in [0.25, 0.3) is 11.8 Å². The van der Waals surface area contributed by atoms with E-state index in [0.29, 0.717) is 5.01 Å². The van der Waals surface area contributed by atoms with Crippen LogP contribution in [-0.2, 0) is 15.8 Å². The molecule has 26 heavy (non-hydrogen) atoms. The number of benzene rings is 2. The van der Waals surface area contributed by atoms with Crippen molar-refractivity contribution in [2.24, 2.45) is 0 Å². The van der Waals surface area contributed by atoms with Gasteiger partial charge in [-0.15, -0.1) is 0 Å². The maximum Gasteiger partial charge on any atom is 0.416 e. The Hall–Kier alpha value is -3.49. The Labute approximate surface area is 144 Å². The fraction of sp³-hybridized carbons (Fsp3) is 0.0588. The summed E-state index contributed by atoms with van der Waals surface area (Å²) in [6.07, 6.45) is -3.51. The predicted octanol–water partition coefficient (Wildman–Crippen LogP) is 2.58. The van der Waals surface area contributed by atoms with Gasteiger partial charge in [-0.05, 0) is 36.4 Å². The molecule has 134 valence electrons. The molecule has 1 fully saturated rings. The molecule has 0 aliphatic carbocycles. The zero-order valence-corrected chi connectivity index (χ0v) is 12.9. The van der Waals surface area contributed by atoms with E-state index in [1.54, 1.807) is 0 Å². The van der Waals surface area contributed by atoms with E-state index < -0.39 is 23.6 Å². The number of halogens is 3. The van der Waals surface area contributed by atoms with E-state index in [9.17, 15) is 33.0 Å². The number of nitrogens with one attached hydrogen (secondary N) is 1.